The summed E-state index contributed by atoms with van der Waals surface area (Å²) >= 11 is 6.08. The Bertz CT molecular complexity index is 774. The number of ether oxygens (including phenoxy) is 1. The summed E-state index contributed by atoms with van der Waals surface area (Å²) < 4.78 is 5.63. The molecule has 166 valence electrons. The summed E-state index contributed by atoms with van der Waals surface area (Å²) in [5.41, 5.74) is 0.167. The lowest BCUT2D eigenvalue weighted by atomic mass is 9.88. The van der Waals surface area contributed by atoms with Crippen LogP contribution in [0.2, 0.25) is 5.02 Å². The van der Waals surface area contributed by atoms with Crippen molar-refractivity contribution >= 4 is 23.4 Å². The number of rotatable bonds is 5. The molecule has 0 unspecified atom stereocenters. The Balaban J connectivity index is 1.17. The van der Waals surface area contributed by atoms with Gasteiger partial charge >= 0.3 is 6.09 Å². The second-order valence-electron chi connectivity index (χ2n) is 8.85. The topological polar surface area (TPSA) is 99.3 Å². The third kappa shape index (κ3) is 5.46. The normalized spacial score (nSPS) is 27.8. The molecular formula is C21H32ClN5O3. The highest BCUT2D eigenvalue weighted by atomic mass is 35.5. The van der Waals surface area contributed by atoms with Gasteiger partial charge in [-0.25, -0.2) is 9.89 Å². The number of halogens is 1. The van der Waals surface area contributed by atoms with Crippen LogP contribution in [0.3, 0.4) is 0 Å². The van der Waals surface area contributed by atoms with Crippen molar-refractivity contribution in [1.82, 2.24) is 20.8 Å². The number of aromatic amines is 1. The summed E-state index contributed by atoms with van der Waals surface area (Å²) in [6.07, 6.45) is 12.6. The minimum atomic E-state index is -0.412. The van der Waals surface area contributed by atoms with Crippen LogP contribution in [0.25, 0.3) is 0 Å². The predicted octanol–water partition coefficient (Wildman–Crippen LogP) is 2.96. The highest BCUT2D eigenvalue weighted by Crippen LogP contribution is 2.26. The van der Waals surface area contributed by atoms with E-state index in [2.05, 4.69) is 20.8 Å². The van der Waals surface area contributed by atoms with Crippen molar-refractivity contribution in [2.45, 2.75) is 88.4 Å². The van der Waals surface area contributed by atoms with Gasteiger partial charge in [0.15, 0.2) is 0 Å². The van der Waals surface area contributed by atoms with Crippen molar-refractivity contribution in [1.29, 1.82) is 0 Å². The largest absolute Gasteiger partial charge is 0.444 e. The molecule has 1 amide bonds. The summed E-state index contributed by atoms with van der Waals surface area (Å²) in [6, 6.07) is 1.45. The van der Waals surface area contributed by atoms with Crippen LogP contribution in [0.4, 0.5) is 10.5 Å². The first-order valence-electron chi connectivity index (χ1n) is 11.3. The number of nitrogens with one attached hydrogen (secondary N) is 3. The Morgan fingerprint density at radius 1 is 1.07 bits per heavy atom. The highest BCUT2D eigenvalue weighted by molar-refractivity contribution is 6.33. The van der Waals surface area contributed by atoms with Gasteiger partial charge < -0.3 is 20.3 Å². The number of hydrogen-bond acceptors (Lipinski definition) is 6. The lowest BCUT2D eigenvalue weighted by Crippen LogP contribution is -2.46. The second kappa shape index (κ2) is 10.0. The second-order valence-corrected chi connectivity index (χ2v) is 9.23. The van der Waals surface area contributed by atoms with Crippen LogP contribution in [-0.4, -0.2) is 53.6 Å². The quantitative estimate of drug-likeness (QED) is 0.654. The Morgan fingerprint density at radius 3 is 2.53 bits per heavy atom. The van der Waals surface area contributed by atoms with E-state index in [1.807, 2.05) is 4.90 Å². The first-order valence-corrected chi connectivity index (χ1v) is 11.7. The van der Waals surface area contributed by atoms with Crippen LogP contribution in [0.1, 0.15) is 64.2 Å². The van der Waals surface area contributed by atoms with E-state index in [1.165, 1.54) is 38.3 Å². The zero-order valence-electron chi connectivity index (χ0n) is 17.4. The average molecular weight is 438 g/mol. The van der Waals surface area contributed by atoms with Crippen molar-refractivity contribution in [3.63, 3.8) is 0 Å². The summed E-state index contributed by atoms with van der Waals surface area (Å²) in [7, 11) is 0. The number of amides is 1. The molecule has 0 spiro atoms. The van der Waals surface area contributed by atoms with Crippen molar-refractivity contribution < 1.29 is 9.53 Å². The van der Waals surface area contributed by atoms with E-state index >= 15 is 0 Å². The van der Waals surface area contributed by atoms with Crippen LogP contribution in [-0.2, 0) is 4.74 Å². The Hall–Kier alpha value is -1.80. The zero-order valence-corrected chi connectivity index (χ0v) is 18.1. The molecule has 0 aromatic carbocycles. The standard InChI is InChI=1S/C21H32ClN5O3/c22-19-18(12-23-26-20(19)28)27-11-10-17(13-27)30-21(29)25-16-8-6-15(7-9-16)24-14-4-2-1-3-5-14/h12,14-17,24H,1-11,13H2,(H,25,29)(H,26,28)/t15?,16?,17-/m1/s1. The summed E-state index contributed by atoms with van der Waals surface area (Å²) in [4.78, 5) is 25.9. The molecule has 1 saturated heterocycles. The predicted molar refractivity (Wildman–Crippen MR) is 116 cm³/mol. The Morgan fingerprint density at radius 2 is 1.77 bits per heavy atom. The van der Waals surface area contributed by atoms with Crippen molar-refractivity contribution in [2.75, 3.05) is 18.0 Å². The maximum atomic E-state index is 12.4. The molecular weight excluding hydrogens is 406 g/mol. The number of nitrogens with zero attached hydrogens (tertiary/aromatic N) is 2. The lowest BCUT2D eigenvalue weighted by Gasteiger charge is -2.33. The maximum Gasteiger partial charge on any atom is 0.407 e. The SMILES string of the molecule is O=C(NC1CCC(NC2CCCCC2)CC1)O[C@@H]1CCN(c2cn[nH]c(=O)c2Cl)C1. The summed E-state index contributed by atoms with van der Waals surface area (Å²) in [5, 5.41) is 13.1. The third-order valence-corrected chi connectivity index (χ3v) is 7.03. The molecule has 0 bridgehead atoms. The van der Waals surface area contributed by atoms with Crippen LogP contribution >= 0.6 is 11.6 Å². The first kappa shape index (κ1) is 21.4. The number of H-pyrrole nitrogens is 1. The zero-order chi connectivity index (χ0) is 20.9. The fraction of sp³-hybridized carbons (Fsp3) is 0.762. The molecule has 3 aliphatic rings. The minimum absolute atomic E-state index is 0.119. The molecule has 3 fully saturated rings. The van der Waals surface area contributed by atoms with Gasteiger partial charge in [-0.05, 0) is 38.5 Å². The molecule has 3 N–H and O–H groups in total. The van der Waals surface area contributed by atoms with E-state index in [0.29, 0.717) is 37.3 Å². The molecule has 4 rings (SSSR count). The van der Waals surface area contributed by atoms with E-state index in [4.69, 9.17) is 16.3 Å². The molecule has 1 aliphatic heterocycles. The van der Waals surface area contributed by atoms with Gasteiger partial charge in [0, 0.05) is 31.1 Å². The number of aromatic nitrogens is 2. The van der Waals surface area contributed by atoms with Crippen molar-refractivity contribution in [3.05, 3.63) is 21.6 Å². The van der Waals surface area contributed by atoms with Gasteiger partial charge in [-0.3, -0.25) is 4.79 Å². The summed E-state index contributed by atoms with van der Waals surface area (Å²) in [6.45, 7) is 1.18. The van der Waals surface area contributed by atoms with Crippen molar-refractivity contribution in [2.24, 2.45) is 0 Å². The monoisotopic (exact) mass is 437 g/mol. The van der Waals surface area contributed by atoms with Gasteiger partial charge in [0.2, 0.25) is 0 Å². The molecule has 30 heavy (non-hydrogen) atoms. The van der Waals surface area contributed by atoms with E-state index in [1.54, 1.807) is 0 Å². The molecule has 1 aromatic heterocycles. The Labute approximate surface area is 182 Å². The van der Waals surface area contributed by atoms with Gasteiger partial charge in [0.25, 0.3) is 5.56 Å². The molecule has 2 saturated carbocycles. The number of carbonyl (C=O) groups is 1. The average Bonchev–Trinajstić information content (AvgIpc) is 3.20. The van der Waals surface area contributed by atoms with Gasteiger partial charge in [-0.15, -0.1) is 0 Å². The minimum Gasteiger partial charge on any atom is -0.444 e. The number of hydrogen-bond donors (Lipinski definition) is 3. The Kier molecular flexibility index (Phi) is 7.15. The first-order chi connectivity index (χ1) is 14.6. The lowest BCUT2D eigenvalue weighted by molar-refractivity contribution is 0.102. The van der Waals surface area contributed by atoms with Crippen LogP contribution in [0.5, 0.6) is 0 Å². The van der Waals surface area contributed by atoms with Crippen LogP contribution < -0.4 is 21.1 Å². The molecule has 9 heteroatoms. The van der Waals surface area contributed by atoms with Gasteiger partial charge in [0.1, 0.15) is 11.1 Å². The van der Waals surface area contributed by atoms with E-state index < -0.39 is 5.56 Å². The van der Waals surface area contributed by atoms with Gasteiger partial charge in [-0.2, -0.15) is 5.10 Å². The maximum absolute atomic E-state index is 12.4. The third-order valence-electron chi connectivity index (χ3n) is 6.66. The summed E-state index contributed by atoms with van der Waals surface area (Å²) in [5.74, 6) is 0. The molecule has 8 nitrogen and oxygen atoms in total. The molecule has 2 heterocycles. The highest BCUT2D eigenvalue weighted by Gasteiger charge is 2.30. The van der Waals surface area contributed by atoms with E-state index in [0.717, 1.165) is 25.7 Å². The van der Waals surface area contributed by atoms with Crippen LogP contribution in [0.15, 0.2) is 11.0 Å². The number of alkyl carbamates (subject to hydrolysis) is 1. The molecule has 2 aliphatic carbocycles. The van der Waals surface area contributed by atoms with Gasteiger partial charge in [-0.1, -0.05) is 30.9 Å². The number of anilines is 1. The van der Waals surface area contributed by atoms with E-state index in [9.17, 15) is 9.59 Å². The molecule has 1 atom stereocenters. The van der Waals surface area contributed by atoms with Gasteiger partial charge in [0.05, 0.1) is 18.4 Å². The smallest absolute Gasteiger partial charge is 0.407 e. The fourth-order valence-electron chi connectivity index (χ4n) is 5.00. The van der Waals surface area contributed by atoms with E-state index in [-0.39, 0.29) is 23.3 Å². The molecule has 1 aromatic rings. The molecule has 0 radical (unpaired) electrons. The van der Waals surface area contributed by atoms with Crippen molar-refractivity contribution in [3.8, 4) is 0 Å². The number of carbonyl (C=O) groups excluding carboxylic acids is 1. The van der Waals surface area contributed by atoms with Crippen LogP contribution in [0, 0.1) is 0 Å². The fourth-order valence-corrected chi connectivity index (χ4v) is 5.21.